The van der Waals surface area contributed by atoms with Gasteiger partial charge in [-0.25, -0.2) is 14.8 Å². The molecule has 0 saturated carbocycles. The van der Waals surface area contributed by atoms with E-state index in [1.165, 1.54) is 22.6 Å². The number of amides is 2. The predicted molar refractivity (Wildman–Crippen MR) is 135 cm³/mol. The highest BCUT2D eigenvalue weighted by Gasteiger charge is 2.25. The van der Waals surface area contributed by atoms with Crippen LogP contribution in [0.25, 0.3) is 11.0 Å². The van der Waals surface area contributed by atoms with Gasteiger partial charge in [0.1, 0.15) is 16.9 Å². The molecule has 3 N–H and O–H groups in total. The van der Waals surface area contributed by atoms with Crippen molar-refractivity contribution in [1.82, 2.24) is 24.2 Å². The van der Waals surface area contributed by atoms with Crippen LogP contribution in [0.1, 0.15) is 28.9 Å². The summed E-state index contributed by atoms with van der Waals surface area (Å²) < 4.78 is 10.2. The monoisotopic (exact) mass is 505 g/mol. The van der Waals surface area contributed by atoms with Crippen LogP contribution in [0, 0.1) is 6.92 Å². The Labute approximate surface area is 210 Å². The van der Waals surface area contributed by atoms with Gasteiger partial charge in [-0.3, -0.25) is 9.78 Å². The number of carbonyl (C=O) groups is 2. The summed E-state index contributed by atoms with van der Waals surface area (Å²) in [7, 11) is 0. The third kappa shape index (κ3) is 5.18. The van der Waals surface area contributed by atoms with Crippen molar-refractivity contribution in [1.29, 1.82) is 0 Å². The van der Waals surface area contributed by atoms with Crippen LogP contribution in [-0.2, 0) is 0 Å². The lowest BCUT2D eigenvalue weighted by Gasteiger charge is -2.30. The number of benzene rings is 1. The van der Waals surface area contributed by atoms with Gasteiger partial charge < -0.3 is 25.4 Å². The summed E-state index contributed by atoms with van der Waals surface area (Å²) in [5, 5.41) is 15.7. The van der Waals surface area contributed by atoms with Crippen molar-refractivity contribution in [2.75, 3.05) is 23.7 Å². The highest BCUT2D eigenvalue weighted by atomic mass is 32.1. The van der Waals surface area contributed by atoms with Gasteiger partial charge in [0.2, 0.25) is 5.88 Å². The van der Waals surface area contributed by atoms with Crippen LogP contribution in [0.2, 0.25) is 0 Å². The molecular formula is C24H23N7O4S. The Morgan fingerprint density at radius 1 is 1.14 bits per heavy atom. The number of piperidine rings is 1. The van der Waals surface area contributed by atoms with E-state index in [1.54, 1.807) is 25.3 Å². The largest absolute Gasteiger partial charge is 0.472 e. The molecule has 1 atom stereocenters. The lowest BCUT2D eigenvalue weighted by atomic mass is 10.1. The molecule has 1 saturated heterocycles. The van der Waals surface area contributed by atoms with Gasteiger partial charge in [0, 0.05) is 12.6 Å². The number of fused-ring (bicyclic) bond motifs is 1. The maximum Gasteiger partial charge on any atom is 0.407 e. The molecule has 0 radical (unpaired) electrons. The van der Waals surface area contributed by atoms with E-state index >= 15 is 0 Å². The average molecular weight is 506 g/mol. The molecule has 5 rings (SSSR count). The minimum atomic E-state index is -0.950. The van der Waals surface area contributed by atoms with E-state index in [-0.39, 0.29) is 12.0 Å². The van der Waals surface area contributed by atoms with E-state index in [9.17, 15) is 14.7 Å². The molecule has 184 valence electrons. The maximum atomic E-state index is 13.1. The highest BCUT2D eigenvalue weighted by Crippen LogP contribution is 2.29. The van der Waals surface area contributed by atoms with Crippen molar-refractivity contribution in [3.05, 3.63) is 60.0 Å². The molecule has 0 aliphatic carbocycles. The first kappa shape index (κ1) is 23.4. The van der Waals surface area contributed by atoms with Gasteiger partial charge in [-0.05, 0) is 49.5 Å². The zero-order valence-corrected chi connectivity index (χ0v) is 20.2. The van der Waals surface area contributed by atoms with Crippen LogP contribution in [0.15, 0.2) is 48.8 Å². The van der Waals surface area contributed by atoms with Crippen molar-refractivity contribution < 1.29 is 19.4 Å². The maximum absolute atomic E-state index is 13.1. The smallest absolute Gasteiger partial charge is 0.407 e. The summed E-state index contributed by atoms with van der Waals surface area (Å²) >= 11 is 1.17. The molecular weight excluding hydrogens is 482 g/mol. The topological polar surface area (TPSA) is 142 Å². The first-order valence-corrected chi connectivity index (χ1v) is 12.1. The van der Waals surface area contributed by atoms with Crippen LogP contribution >= 0.6 is 11.5 Å². The minimum absolute atomic E-state index is 0.255. The average Bonchev–Trinajstić information content (AvgIpc) is 3.25. The zero-order valence-electron chi connectivity index (χ0n) is 19.3. The number of hydrogen-bond donors (Lipinski definition) is 3. The summed E-state index contributed by atoms with van der Waals surface area (Å²) in [5.41, 5.74) is 3.01. The van der Waals surface area contributed by atoms with Crippen LogP contribution < -0.4 is 15.4 Å². The molecule has 1 aromatic carbocycles. The first-order chi connectivity index (χ1) is 17.5. The van der Waals surface area contributed by atoms with E-state index in [0.29, 0.717) is 46.7 Å². The number of likely N-dealkylation sites (tertiary alicyclic amines) is 1. The van der Waals surface area contributed by atoms with Crippen molar-refractivity contribution >= 4 is 51.1 Å². The number of nitrogens with one attached hydrogen (secondary N) is 2. The molecule has 36 heavy (non-hydrogen) atoms. The van der Waals surface area contributed by atoms with Gasteiger partial charge in [-0.1, -0.05) is 12.1 Å². The lowest BCUT2D eigenvalue weighted by Crippen LogP contribution is -2.43. The Bertz CT molecular complexity index is 1410. The Hall–Kier alpha value is -4.32. The second kappa shape index (κ2) is 10.1. The third-order valence-electron chi connectivity index (χ3n) is 5.71. The van der Waals surface area contributed by atoms with E-state index in [1.807, 2.05) is 24.3 Å². The number of hydrogen-bond acceptors (Lipinski definition) is 9. The summed E-state index contributed by atoms with van der Waals surface area (Å²) in [4.78, 5) is 38.8. The van der Waals surface area contributed by atoms with Crippen molar-refractivity contribution in [2.24, 2.45) is 0 Å². The Kier molecular flexibility index (Phi) is 6.58. The fourth-order valence-electron chi connectivity index (χ4n) is 3.95. The molecule has 1 aliphatic rings. The van der Waals surface area contributed by atoms with E-state index in [0.717, 1.165) is 23.9 Å². The van der Waals surface area contributed by atoms with Gasteiger partial charge >= 0.3 is 6.09 Å². The minimum Gasteiger partial charge on any atom is -0.472 e. The lowest BCUT2D eigenvalue weighted by molar-refractivity contribution is 0.0767. The number of carboxylic acid groups (broad SMARTS) is 1. The van der Waals surface area contributed by atoms with E-state index in [4.69, 9.17) is 4.74 Å². The number of pyridine rings is 1. The summed E-state index contributed by atoms with van der Waals surface area (Å²) in [6.45, 7) is 2.58. The quantitative estimate of drug-likeness (QED) is 0.349. The number of rotatable bonds is 6. The molecule has 3 aromatic heterocycles. The van der Waals surface area contributed by atoms with Crippen LogP contribution in [-0.4, -0.2) is 60.5 Å². The SMILES string of the molecule is Cc1nsc(Nc2cnc3ccccc3n2)c1C(=O)Nc1ccc(OC2CCCN(C(=O)O)C2)nc1. The summed E-state index contributed by atoms with van der Waals surface area (Å²) in [5.74, 6) is 0.548. The number of aromatic nitrogens is 4. The fraction of sp³-hybridized carbons (Fsp3) is 0.250. The van der Waals surface area contributed by atoms with Gasteiger partial charge in [-0.2, -0.15) is 4.37 Å². The van der Waals surface area contributed by atoms with Gasteiger partial charge in [0.15, 0.2) is 0 Å². The fourth-order valence-corrected chi connectivity index (χ4v) is 4.75. The first-order valence-electron chi connectivity index (χ1n) is 11.3. The number of para-hydroxylation sites is 2. The van der Waals surface area contributed by atoms with Crippen molar-refractivity contribution in [3.63, 3.8) is 0 Å². The Morgan fingerprint density at radius 2 is 1.97 bits per heavy atom. The molecule has 1 fully saturated rings. The zero-order chi connectivity index (χ0) is 25.1. The molecule has 11 nitrogen and oxygen atoms in total. The van der Waals surface area contributed by atoms with Gasteiger partial charge in [0.05, 0.1) is 46.9 Å². The standard InChI is InChI=1S/C24H23N7O4S/c1-14-21(23(36-30-14)29-19-12-25-17-6-2-3-7-18(17)28-19)22(32)27-15-8-9-20(26-11-15)35-16-5-4-10-31(13-16)24(33)34/h2-3,6-9,11-12,16H,4-5,10,13H2,1H3,(H,27,32)(H,28,29)(H,33,34). The molecule has 4 aromatic rings. The highest BCUT2D eigenvalue weighted by molar-refractivity contribution is 7.10. The Morgan fingerprint density at radius 3 is 2.75 bits per heavy atom. The van der Waals surface area contributed by atoms with E-state index < -0.39 is 6.09 Å². The second-order valence-corrected chi connectivity index (χ2v) is 9.06. The Balaban J connectivity index is 1.25. The van der Waals surface area contributed by atoms with E-state index in [2.05, 4.69) is 30.0 Å². The van der Waals surface area contributed by atoms with Gasteiger partial charge in [-0.15, -0.1) is 0 Å². The third-order valence-corrected chi connectivity index (χ3v) is 6.56. The molecule has 0 spiro atoms. The molecule has 4 heterocycles. The van der Waals surface area contributed by atoms with Gasteiger partial charge in [0.25, 0.3) is 5.91 Å². The van der Waals surface area contributed by atoms with Crippen LogP contribution in [0.4, 0.5) is 21.3 Å². The number of carbonyl (C=O) groups excluding carboxylic acids is 1. The van der Waals surface area contributed by atoms with Crippen molar-refractivity contribution in [3.8, 4) is 5.88 Å². The number of nitrogens with zero attached hydrogens (tertiary/aromatic N) is 5. The molecule has 1 unspecified atom stereocenters. The number of anilines is 3. The normalized spacial score (nSPS) is 15.5. The summed E-state index contributed by atoms with van der Waals surface area (Å²) in [6, 6.07) is 10.9. The number of ether oxygens (including phenoxy) is 1. The summed E-state index contributed by atoms with van der Waals surface area (Å²) in [6.07, 6.45) is 3.40. The van der Waals surface area contributed by atoms with Crippen LogP contribution in [0.3, 0.4) is 0 Å². The van der Waals surface area contributed by atoms with Crippen molar-refractivity contribution in [2.45, 2.75) is 25.9 Å². The molecule has 0 bridgehead atoms. The van der Waals surface area contributed by atoms with Crippen LogP contribution in [0.5, 0.6) is 5.88 Å². The molecule has 2 amide bonds. The predicted octanol–water partition coefficient (Wildman–Crippen LogP) is 4.31. The number of aryl methyl sites for hydroxylation is 1. The second-order valence-electron chi connectivity index (χ2n) is 8.29. The molecule has 1 aliphatic heterocycles. The molecule has 12 heteroatoms.